The molecule has 0 bridgehead atoms. The lowest BCUT2D eigenvalue weighted by Gasteiger charge is -2.10. The predicted molar refractivity (Wildman–Crippen MR) is 68.0 cm³/mol. The number of aryl methyl sites for hydroxylation is 1. The van der Waals surface area contributed by atoms with Crippen LogP contribution in [0.5, 0.6) is 0 Å². The van der Waals surface area contributed by atoms with Gasteiger partial charge in [0.1, 0.15) is 0 Å². The molecule has 3 N–H and O–H groups in total. The van der Waals surface area contributed by atoms with Crippen molar-refractivity contribution in [3.05, 3.63) is 53.6 Å². The summed E-state index contributed by atoms with van der Waals surface area (Å²) in [4.78, 5) is 11.1. The number of carboxylic acid groups (broad SMARTS) is 1. The minimum atomic E-state index is -0.997. The van der Waals surface area contributed by atoms with Gasteiger partial charge in [-0.3, -0.25) is 0 Å². The molecule has 0 spiro atoms. The van der Waals surface area contributed by atoms with Crippen molar-refractivity contribution >= 4 is 11.7 Å². The molecular weight excluding hydrogens is 214 g/mol. The minimum absolute atomic E-state index is 0.156. The first-order valence-electron chi connectivity index (χ1n) is 5.28. The number of hydrogen-bond acceptors (Lipinski definition) is 2. The van der Waals surface area contributed by atoms with Gasteiger partial charge in [-0.15, -0.1) is 0 Å². The second-order valence-electron chi connectivity index (χ2n) is 3.94. The lowest BCUT2D eigenvalue weighted by atomic mass is 9.98. The first-order chi connectivity index (χ1) is 8.09. The van der Waals surface area contributed by atoms with E-state index in [0.29, 0.717) is 5.69 Å². The monoisotopic (exact) mass is 227 g/mol. The highest BCUT2D eigenvalue weighted by Gasteiger charge is 2.13. The van der Waals surface area contributed by atoms with E-state index >= 15 is 0 Å². The van der Waals surface area contributed by atoms with E-state index < -0.39 is 5.97 Å². The molecule has 0 aliphatic rings. The number of benzene rings is 2. The summed E-state index contributed by atoms with van der Waals surface area (Å²) in [6.07, 6.45) is 0. The third-order valence-electron chi connectivity index (χ3n) is 2.64. The third kappa shape index (κ3) is 2.13. The van der Waals surface area contributed by atoms with E-state index in [0.717, 1.165) is 16.7 Å². The molecular formula is C14H13NO2. The number of anilines is 1. The van der Waals surface area contributed by atoms with Crippen LogP contribution in [0.2, 0.25) is 0 Å². The number of rotatable bonds is 2. The van der Waals surface area contributed by atoms with Crippen molar-refractivity contribution < 1.29 is 9.90 Å². The van der Waals surface area contributed by atoms with Crippen LogP contribution in [0.3, 0.4) is 0 Å². The van der Waals surface area contributed by atoms with Crippen molar-refractivity contribution in [2.75, 3.05) is 5.73 Å². The Morgan fingerprint density at radius 1 is 1.18 bits per heavy atom. The summed E-state index contributed by atoms with van der Waals surface area (Å²) in [5.74, 6) is -0.997. The Kier molecular flexibility index (Phi) is 2.83. The van der Waals surface area contributed by atoms with E-state index in [-0.39, 0.29) is 5.56 Å². The topological polar surface area (TPSA) is 63.3 Å². The maximum atomic E-state index is 11.1. The van der Waals surface area contributed by atoms with E-state index in [2.05, 4.69) is 0 Å². The molecule has 0 saturated carbocycles. The Balaban J connectivity index is 2.67. The number of carboxylic acids is 1. The third-order valence-corrected chi connectivity index (χ3v) is 2.64. The Bertz CT molecular complexity index is 562. The van der Waals surface area contributed by atoms with Crippen LogP contribution in [-0.2, 0) is 0 Å². The highest BCUT2D eigenvalue weighted by Crippen LogP contribution is 2.30. The molecule has 17 heavy (non-hydrogen) atoms. The summed E-state index contributed by atoms with van der Waals surface area (Å²) in [5, 5.41) is 9.08. The Morgan fingerprint density at radius 2 is 1.82 bits per heavy atom. The lowest BCUT2D eigenvalue weighted by molar-refractivity contribution is 0.0698. The zero-order chi connectivity index (χ0) is 12.4. The molecule has 0 unspecified atom stereocenters. The van der Waals surface area contributed by atoms with Gasteiger partial charge >= 0.3 is 5.97 Å². The fourth-order valence-electron chi connectivity index (χ4n) is 1.83. The van der Waals surface area contributed by atoms with Crippen molar-refractivity contribution in [1.82, 2.24) is 0 Å². The second-order valence-corrected chi connectivity index (χ2v) is 3.94. The lowest BCUT2D eigenvalue weighted by Crippen LogP contribution is -2.04. The maximum Gasteiger partial charge on any atom is 0.337 e. The number of nitrogens with two attached hydrogens (primary N) is 1. The first kappa shape index (κ1) is 11.2. The average molecular weight is 227 g/mol. The van der Waals surface area contributed by atoms with E-state index in [9.17, 15) is 4.79 Å². The van der Waals surface area contributed by atoms with E-state index in [4.69, 9.17) is 10.8 Å². The molecule has 86 valence electrons. The Labute approximate surface area is 99.5 Å². The maximum absolute atomic E-state index is 11.1. The smallest absolute Gasteiger partial charge is 0.337 e. The van der Waals surface area contributed by atoms with Crippen molar-refractivity contribution in [3.8, 4) is 11.1 Å². The van der Waals surface area contributed by atoms with Crippen molar-refractivity contribution in [2.24, 2.45) is 0 Å². The Hall–Kier alpha value is -2.29. The average Bonchev–Trinajstić information content (AvgIpc) is 2.32. The second kappa shape index (κ2) is 4.29. The number of aromatic carboxylic acids is 1. The van der Waals surface area contributed by atoms with Gasteiger partial charge in [-0.05, 0) is 30.2 Å². The summed E-state index contributed by atoms with van der Waals surface area (Å²) in [6.45, 7) is 1.86. The number of hydrogen-bond donors (Lipinski definition) is 2. The molecule has 0 atom stereocenters. The molecule has 0 aliphatic carbocycles. The number of nitrogen functional groups attached to an aromatic ring is 1. The highest BCUT2D eigenvalue weighted by atomic mass is 16.4. The molecule has 0 aromatic heterocycles. The van der Waals surface area contributed by atoms with Gasteiger partial charge in [-0.25, -0.2) is 4.79 Å². The highest BCUT2D eigenvalue weighted by molar-refractivity contribution is 5.98. The molecule has 0 heterocycles. The molecule has 0 fully saturated rings. The molecule has 0 aliphatic heterocycles. The molecule has 2 aromatic carbocycles. The molecule has 3 nitrogen and oxygen atoms in total. The Morgan fingerprint density at radius 3 is 2.41 bits per heavy atom. The largest absolute Gasteiger partial charge is 0.478 e. The summed E-state index contributed by atoms with van der Waals surface area (Å²) < 4.78 is 0. The fraction of sp³-hybridized carbons (Fsp3) is 0.0714. The summed E-state index contributed by atoms with van der Waals surface area (Å²) in [6, 6.07) is 13.0. The van der Waals surface area contributed by atoms with Gasteiger partial charge in [0.25, 0.3) is 0 Å². The molecule has 2 aromatic rings. The molecule has 2 rings (SSSR count). The normalized spacial score (nSPS) is 10.2. The zero-order valence-electron chi connectivity index (χ0n) is 9.47. The summed E-state index contributed by atoms with van der Waals surface area (Å²) >= 11 is 0. The first-order valence-corrected chi connectivity index (χ1v) is 5.28. The van der Waals surface area contributed by atoms with Gasteiger partial charge < -0.3 is 10.8 Å². The van der Waals surface area contributed by atoms with Crippen LogP contribution in [0.15, 0.2) is 42.5 Å². The standard InChI is InChI=1S/C14H13NO2/c1-9-7-11(10-5-3-2-4-6-10)13(15)12(8-9)14(16)17/h2-8H,15H2,1H3,(H,16,17). The number of carbonyl (C=O) groups is 1. The van der Waals surface area contributed by atoms with Crippen LogP contribution >= 0.6 is 0 Å². The SMILES string of the molecule is Cc1cc(C(=O)O)c(N)c(-c2ccccc2)c1. The van der Waals surface area contributed by atoms with Gasteiger partial charge in [0.05, 0.1) is 11.3 Å². The van der Waals surface area contributed by atoms with Crippen molar-refractivity contribution in [3.63, 3.8) is 0 Å². The van der Waals surface area contributed by atoms with Crippen LogP contribution in [0.4, 0.5) is 5.69 Å². The van der Waals surface area contributed by atoms with Crippen LogP contribution in [0, 0.1) is 6.92 Å². The summed E-state index contributed by atoms with van der Waals surface area (Å²) in [5.41, 5.74) is 8.95. The van der Waals surface area contributed by atoms with E-state index in [1.807, 2.05) is 43.3 Å². The zero-order valence-corrected chi connectivity index (χ0v) is 9.47. The molecule has 0 amide bonds. The van der Waals surface area contributed by atoms with Crippen LogP contribution in [0.25, 0.3) is 11.1 Å². The van der Waals surface area contributed by atoms with Gasteiger partial charge in [0.15, 0.2) is 0 Å². The van der Waals surface area contributed by atoms with Crippen molar-refractivity contribution in [2.45, 2.75) is 6.92 Å². The van der Waals surface area contributed by atoms with Gasteiger partial charge in [0, 0.05) is 5.56 Å². The van der Waals surface area contributed by atoms with Gasteiger partial charge in [0.2, 0.25) is 0 Å². The minimum Gasteiger partial charge on any atom is -0.478 e. The quantitative estimate of drug-likeness (QED) is 0.775. The van der Waals surface area contributed by atoms with Crippen molar-refractivity contribution in [1.29, 1.82) is 0 Å². The van der Waals surface area contributed by atoms with Crippen LogP contribution < -0.4 is 5.73 Å². The predicted octanol–water partition coefficient (Wildman–Crippen LogP) is 2.94. The molecule has 3 heteroatoms. The van der Waals surface area contributed by atoms with Crippen LogP contribution in [-0.4, -0.2) is 11.1 Å². The van der Waals surface area contributed by atoms with E-state index in [1.54, 1.807) is 6.07 Å². The molecule has 0 radical (unpaired) electrons. The van der Waals surface area contributed by atoms with Gasteiger partial charge in [-0.1, -0.05) is 30.3 Å². The fourth-order valence-corrected chi connectivity index (χ4v) is 1.83. The van der Waals surface area contributed by atoms with E-state index in [1.165, 1.54) is 0 Å². The van der Waals surface area contributed by atoms with Gasteiger partial charge in [-0.2, -0.15) is 0 Å². The summed E-state index contributed by atoms with van der Waals surface area (Å²) in [7, 11) is 0. The molecule has 0 saturated heterocycles. The van der Waals surface area contributed by atoms with Crippen LogP contribution in [0.1, 0.15) is 15.9 Å².